The fourth-order valence-electron chi connectivity index (χ4n) is 3.25. The molecular weight excluding hydrogens is 302 g/mol. The molecule has 2 aromatic carbocycles. The molecule has 2 N–H and O–H groups in total. The molecule has 126 valence electrons. The van der Waals surface area contributed by atoms with Gasteiger partial charge in [0.2, 0.25) is 5.91 Å². The molecule has 0 bridgehead atoms. The van der Waals surface area contributed by atoms with Crippen LogP contribution in [0.2, 0.25) is 0 Å². The number of ether oxygens (including phenoxy) is 1. The second kappa shape index (κ2) is 7.05. The molecule has 4 nitrogen and oxygen atoms in total. The van der Waals surface area contributed by atoms with Crippen molar-refractivity contribution >= 4 is 5.91 Å². The van der Waals surface area contributed by atoms with E-state index < -0.39 is 6.10 Å². The second-order valence-corrected chi connectivity index (χ2v) is 6.41. The van der Waals surface area contributed by atoms with Gasteiger partial charge in [-0.1, -0.05) is 43.3 Å². The summed E-state index contributed by atoms with van der Waals surface area (Å²) in [4.78, 5) is 12.5. The standard InChI is InChI=1S/C20H23NO3/c1-13(11-14-7-9-16(24-2)10-8-14)20(23)21-19-17-6-4-3-5-15(17)12-18(19)22/h3-10,13,18-19,22H,11-12H2,1-2H3,(H,21,23)/t13?,18-,19+/m0/s1. The van der Waals surface area contributed by atoms with E-state index in [9.17, 15) is 9.90 Å². The highest BCUT2D eigenvalue weighted by molar-refractivity contribution is 5.79. The van der Waals surface area contributed by atoms with Crippen molar-refractivity contribution in [1.29, 1.82) is 0 Å². The van der Waals surface area contributed by atoms with Crippen molar-refractivity contribution in [1.82, 2.24) is 5.32 Å². The summed E-state index contributed by atoms with van der Waals surface area (Å²) in [5.41, 5.74) is 3.22. The van der Waals surface area contributed by atoms with E-state index in [1.54, 1.807) is 7.11 Å². The molecule has 0 aliphatic heterocycles. The van der Waals surface area contributed by atoms with E-state index in [0.29, 0.717) is 12.8 Å². The molecule has 24 heavy (non-hydrogen) atoms. The number of aliphatic hydroxyl groups is 1. The second-order valence-electron chi connectivity index (χ2n) is 6.41. The molecule has 0 heterocycles. The SMILES string of the molecule is COc1ccc(CC(C)C(=O)N[C@@H]2c3ccccc3C[C@@H]2O)cc1. The topological polar surface area (TPSA) is 58.6 Å². The van der Waals surface area contributed by atoms with E-state index in [1.165, 1.54) is 0 Å². The summed E-state index contributed by atoms with van der Waals surface area (Å²) in [6, 6.07) is 15.3. The molecule has 0 radical (unpaired) electrons. The van der Waals surface area contributed by atoms with Crippen molar-refractivity contribution in [3.05, 3.63) is 65.2 Å². The first-order valence-electron chi connectivity index (χ1n) is 8.27. The molecule has 3 rings (SSSR count). The third kappa shape index (κ3) is 3.44. The normalized spacial score (nSPS) is 20.3. The Morgan fingerprint density at radius 3 is 2.67 bits per heavy atom. The summed E-state index contributed by atoms with van der Waals surface area (Å²) in [7, 11) is 1.63. The zero-order chi connectivity index (χ0) is 17.1. The van der Waals surface area contributed by atoms with Crippen LogP contribution in [0.5, 0.6) is 5.75 Å². The molecule has 1 unspecified atom stereocenters. The molecule has 1 amide bonds. The van der Waals surface area contributed by atoms with E-state index in [0.717, 1.165) is 22.4 Å². The number of hydrogen-bond donors (Lipinski definition) is 2. The number of nitrogens with one attached hydrogen (secondary N) is 1. The zero-order valence-corrected chi connectivity index (χ0v) is 14.0. The Bertz CT molecular complexity index is 711. The summed E-state index contributed by atoms with van der Waals surface area (Å²) in [6.45, 7) is 1.91. The maximum Gasteiger partial charge on any atom is 0.223 e. The van der Waals surface area contributed by atoms with Gasteiger partial charge in [-0.3, -0.25) is 4.79 Å². The maximum atomic E-state index is 12.5. The van der Waals surface area contributed by atoms with E-state index in [-0.39, 0.29) is 17.9 Å². The molecule has 0 saturated heterocycles. The lowest BCUT2D eigenvalue weighted by Gasteiger charge is -2.21. The van der Waals surface area contributed by atoms with Crippen LogP contribution in [0.15, 0.2) is 48.5 Å². The third-order valence-electron chi connectivity index (χ3n) is 4.65. The first-order chi connectivity index (χ1) is 11.6. The Morgan fingerprint density at radius 1 is 1.25 bits per heavy atom. The fraction of sp³-hybridized carbons (Fsp3) is 0.350. The first-order valence-corrected chi connectivity index (χ1v) is 8.27. The lowest BCUT2D eigenvalue weighted by atomic mass is 9.99. The largest absolute Gasteiger partial charge is 0.497 e. The predicted molar refractivity (Wildman–Crippen MR) is 92.9 cm³/mol. The summed E-state index contributed by atoms with van der Waals surface area (Å²) >= 11 is 0. The monoisotopic (exact) mass is 325 g/mol. The number of carbonyl (C=O) groups excluding carboxylic acids is 1. The van der Waals surface area contributed by atoms with Crippen LogP contribution in [0.3, 0.4) is 0 Å². The molecular formula is C20H23NO3. The molecule has 1 aliphatic rings. The Balaban J connectivity index is 1.64. The number of amides is 1. The number of hydrogen-bond acceptors (Lipinski definition) is 3. The quantitative estimate of drug-likeness (QED) is 0.888. The molecule has 4 heteroatoms. The Labute approximate surface area is 142 Å². The van der Waals surface area contributed by atoms with Crippen LogP contribution in [-0.4, -0.2) is 24.2 Å². The van der Waals surface area contributed by atoms with Crippen molar-refractivity contribution in [2.75, 3.05) is 7.11 Å². The maximum absolute atomic E-state index is 12.5. The number of rotatable bonds is 5. The minimum Gasteiger partial charge on any atom is -0.497 e. The summed E-state index contributed by atoms with van der Waals surface area (Å²) in [5.74, 6) is 0.603. The Kier molecular flexibility index (Phi) is 4.86. The van der Waals surface area contributed by atoms with Crippen molar-refractivity contribution in [3.8, 4) is 5.75 Å². The highest BCUT2D eigenvalue weighted by Crippen LogP contribution is 2.31. The molecule has 0 spiro atoms. The average Bonchev–Trinajstić information content (AvgIpc) is 2.91. The molecule has 0 saturated carbocycles. The van der Waals surface area contributed by atoms with Crippen molar-refractivity contribution in [2.24, 2.45) is 5.92 Å². The minimum absolute atomic E-state index is 0.0356. The number of fused-ring (bicyclic) bond motifs is 1. The van der Waals surface area contributed by atoms with E-state index in [2.05, 4.69) is 5.32 Å². The van der Waals surface area contributed by atoms with Gasteiger partial charge in [-0.2, -0.15) is 0 Å². The molecule has 0 aromatic heterocycles. The van der Waals surface area contributed by atoms with Crippen LogP contribution < -0.4 is 10.1 Å². The van der Waals surface area contributed by atoms with Gasteiger partial charge in [-0.25, -0.2) is 0 Å². The van der Waals surface area contributed by atoms with Gasteiger partial charge in [0.05, 0.1) is 19.3 Å². The molecule has 0 fully saturated rings. The van der Waals surface area contributed by atoms with Gasteiger partial charge < -0.3 is 15.2 Å². The predicted octanol–water partition coefficient (Wildman–Crippen LogP) is 2.65. The van der Waals surface area contributed by atoms with Gasteiger partial charge >= 0.3 is 0 Å². The van der Waals surface area contributed by atoms with Crippen molar-refractivity contribution < 1.29 is 14.6 Å². The van der Waals surface area contributed by atoms with Crippen LogP contribution in [0.4, 0.5) is 0 Å². The summed E-state index contributed by atoms with van der Waals surface area (Å²) in [6.07, 6.45) is 0.688. The van der Waals surface area contributed by atoms with Gasteiger partial charge in [-0.15, -0.1) is 0 Å². The third-order valence-corrected chi connectivity index (χ3v) is 4.65. The van der Waals surface area contributed by atoms with Crippen molar-refractivity contribution in [2.45, 2.75) is 31.9 Å². The Hall–Kier alpha value is -2.33. The van der Waals surface area contributed by atoms with Crippen molar-refractivity contribution in [3.63, 3.8) is 0 Å². The van der Waals surface area contributed by atoms with Gasteiger partial charge in [0.1, 0.15) is 5.75 Å². The molecule has 3 atom stereocenters. The fourth-order valence-corrected chi connectivity index (χ4v) is 3.25. The number of methoxy groups -OCH3 is 1. The highest BCUT2D eigenvalue weighted by atomic mass is 16.5. The number of carbonyl (C=O) groups is 1. The van der Waals surface area contributed by atoms with Crippen LogP contribution in [0.1, 0.15) is 29.7 Å². The van der Waals surface area contributed by atoms with Crippen LogP contribution in [0, 0.1) is 5.92 Å². The van der Waals surface area contributed by atoms with Crippen LogP contribution >= 0.6 is 0 Å². The van der Waals surface area contributed by atoms with Crippen LogP contribution in [-0.2, 0) is 17.6 Å². The highest BCUT2D eigenvalue weighted by Gasteiger charge is 2.32. The van der Waals surface area contributed by atoms with Gasteiger partial charge in [0.25, 0.3) is 0 Å². The lowest BCUT2D eigenvalue weighted by Crippen LogP contribution is -2.37. The minimum atomic E-state index is -0.556. The lowest BCUT2D eigenvalue weighted by molar-refractivity contribution is -0.126. The summed E-state index contributed by atoms with van der Waals surface area (Å²) < 4.78 is 5.15. The van der Waals surface area contributed by atoms with Crippen LogP contribution in [0.25, 0.3) is 0 Å². The number of aliphatic hydroxyl groups excluding tert-OH is 1. The zero-order valence-electron chi connectivity index (χ0n) is 14.0. The summed E-state index contributed by atoms with van der Waals surface area (Å²) in [5, 5.41) is 13.3. The smallest absolute Gasteiger partial charge is 0.223 e. The number of benzene rings is 2. The first kappa shape index (κ1) is 16.5. The Morgan fingerprint density at radius 2 is 1.96 bits per heavy atom. The average molecular weight is 325 g/mol. The van der Waals surface area contributed by atoms with Gasteiger partial charge in [0.15, 0.2) is 0 Å². The van der Waals surface area contributed by atoms with Gasteiger partial charge in [0, 0.05) is 12.3 Å². The van der Waals surface area contributed by atoms with E-state index in [4.69, 9.17) is 4.74 Å². The molecule has 2 aromatic rings. The molecule has 1 aliphatic carbocycles. The van der Waals surface area contributed by atoms with E-state index >= 15 is 0 Å². The van der Waals surface area contributed by atoms with Gasteiger partial charge in [-0.05, 0) is 35.2 Å². The van der Waals surface area contributed by atoms with E-state index in [1.807, 2.05) is 55.5 Å².